The van der Waals surface area contributed by atoms with Crippen LogP contribution in [0.3, 0.4) is 0 Å². The molecule has 1 radical (unpaired) electrons. The molecule has 10 nitrogen and oxygen atoms in total. The van der Waals surface area contributed by atoms with Gasteiger partial charge in [-0.3, -0.25) is 14.4 Å². The summed E-state index contributed by atoms with van der Waals surface area (Å²) in [5.74, 6) is 0.295. The molecule has 2 atom stereocenters. The Morgan fingerprint density at radius 3 is 2.21 bits per heavy atom. The van der Waals surface area contributed by atoms with E-state index in [4.69, 9.17) is 5.73 Å². The standard InChI is InChI=1S/C28H36N7O3/c1-19-24(25(26(29)37)31-28(30-19)34-13-11-33(12-14-34)20(2)36)27(38)35-17-22-15-32(16-23(22)18-35)10-6-9-21-7-4-3-5-8-21/h3-5,7-9,22-23H,6,10-18H2,1-2H3,(H2,29,37). The fraction of sp³-hybridized carbons (Fsp3) is 0.500. The van der Waals surface area contributed by atoms with E-state index in [1.807, 2.05) is 15.9 Å². The molecule has 2 N–H and O–H groups in total. The van der Waals surface area contributed by atoms with Crippen LogP contribution >= 0.6 is 0 Å². The van der Waals surface area contributed by atoms with Gasteiger partial charge in [-0.25, -0.2) is 9.97 Å². The highest BCUT2D eigenvalue weighted by Crippen LogP contribution is 2.33. The van der Waals surface area contributed by atoms with Crippen LogP contribution in [0.25, 0.3) is 0 Å². The maximum atomic E-state index is 13.6. The molecular weight excluding hydrogens is 482 g/mol. The normalized spacial score (nSPS) is 21.6. The average Bonchev–Trinajstić information content (AvgIpc) is 3.47. The fourth-order valence-electron chi connectivity index (χ4n) is 5.95. The van der Waals surface area contributed by atoms with Gasteiger partial charge in [-0.05, 0) is 43.7 Å². The van der Waals surface area contributed by atoms with Crippen molar-refractivity contribution in [3.8, 4) is 0 Å². The number of hydrogen-bond acceptors (Lipinski definition) is 7. The molecule has 0 bridgehead atoms. The molecule has 3 fully saturated rings. The number of nitrogens with zero attached hydrogens (tertiary/aromatic N) is 6. The van der Waals surface area contributed by atoms with Crippen LogP contribution in [-0.4, -0.2) is 101 Å². The molecule has 4 heterocycles. The monoisotopic (exact) mass is 518 g/mol. The number of anilines is 1. The third-order valence-corrected chi connectivity index (χ3v) is 8.01. The molecule has 5 rings (SSSR count). The lowest BCUT2D eigenvalue weighted by molar-refractivity contribution is -0.129. The van der Waals surface area contributed by atoms with Gasteiger partial charge in [0, 0.05) is 59.3 Å². The molecule has 38 heavy (non-hydrogen) atoms. The first-order chi connectivity index (χ1) is 18.3. The second kappa shape index (κ2) is 11.1. The van der Waals surface area contributed by atoms with Gasteiger partial charge in [0.2, 0.25) is 11.9 Å². The van der Waals surface area contributed by atoms with Gasteiger partial charge in [0.1, 0.15) is 5.69 Å². The number of primary amides is 1. The lowest BCUT2D eigenvalue weighted by atomic mass is 10.0. The first kappa shape index (κ1) is 26.1. The largest absolute Gasteiger partial charge is 0.364 e. The molecule has 201 valence electrons. The zero-order valence-corrected chi connectivity index (χ0v) is 22.2. The maximum absolute atomic E-state index is 13.6. The van der Waals surface area contributed by atoms with Crippen molar-refractivity contribution in [3.63, 3.8) is 0 Å². The van der Waals surface area contributed by atoms with Crippen LogP contribution < -0.4 is 10.6 Å². The van der Waals surface area contributed by atoms with Gasteiger partial charge in [-0.2, -0.15) is 0 Å². The van der Waals surface area contributed by atoms with E-state index in [-0.39, 0.29) is 23.1 Å². The molecule has 0 saturated carbocycles. The van der Waals surface area contributed by atoms with E-state index in [0.717, 1.165) is 26.1 Å². The molecule has 1 aromatic carbocycles. The molecule has 1 aromatic heterocycles. The van der Waals surface area contributed by atoms with E-state index in [9.17, 15) is 14.4 Å². The van der Waals surface area contributed by atoms with E-state index in [0.29, 0.717) is 62.7 Å². The first-order valence-electron chi connectivity index (χ1n) is 13.4. The zero-order valence-electron chi connectivity index (χ0n) is 22.2. The minimum absolute atomic E-state index is 0.0263. The van der Waals surface area contributed by atoms with Crippen LogP contribution in [0.1, 0.15) is 45.4 Å². The predicted molar refractivity (Wildman–Crippen MR) is 144 cm³/mol. The van der Waals surface area contributed by atoms with Crippen LogP contribution in [-0.2, 0) is 4.79 Å². The van der Waals surface area contributed by atoms with Gasteiger partial charge in [0.25, 0.3) is 11.8 Å². The minimum atomic E-state index is -0.734. The van der Waals surface area contributed by atoms with Gasteiger partial charge in [0.05, 0.1) is 11.3 Å². The van der Waals surface area contributed by atoms with Crippen molar-refractivity contribution in [2.75, 3.05) is 63.8 Å². The third-order valence-electron chi connectivity index (χ3n) is 8.01. The SMILES string of the molecule is CC(=O)N1CCN(c2nc(C)c(C(=O)N3CC4CN(CC[CH]c5ccccc5)CC4C3)c(C(N)=O)n2)CC1. The van der Waals surface area contributed by atoms with E-state index < -0.39 is 5.91 Å². The number of carbonyl (C=O) groups excluding carboxylic acids is 3. The number of likely N-dealkylation sites (tertiary alicyclic amines) is 2. The summed E-state index contributed by atoms with van der Waals surface area (Å²) in [6.07, 6.45) is 3.27. The van der Waals surface area contributed by atoms with Crippen molar-refractivity contribution >= 4 is 23.7 Å². The van der Waals surface area contributed by atoms with Crippen molar-refractivity contribution in [2.45, 2.75) is 20.3 Å². The lowest BCUT2D eigenvalue weighted by Crippen LogP contribution is -2.48. The van der Waals surface area contributed by atoms with Crippen LogP contribution in [0.2, 0.25) is 0 Å². The molecule has 3 aliphatic heterocycles. The van der Waals surface area contributed by atoms with Gasteiger partial charge < -0.3 is 25.3 Å². The molecule has 0 aliphatic carbocycles. The fourth-order valence-corrected chi connectivity index (χ4v) is 5.95. The van der Waals surface area contributed by atoms with Gasteiger partial charge in [0.15, 0.2) is 0 Å². The van der Waals surface area contributed by atoms with Crippen LogP contribution in [0.5, 0.6) is 0 Å². The summed E-state index contributed by atoms with van der Waals surface area (Å²) < 4.78 is 0. The Hall–Kier alpha value is -3.53. The summed E-state index contributed by atoms with van der Waals surface area (Å²) in [4.78, 5) is 54.7. The lowest BCUT2D eigenvalue weighted by Gasteiger charge is -2.34. The van der Waals surface area contributed by atoms with E-state index in [1.54, 1.807) is 18.7 Å². The second-order valence-corrected chi connectivity index (χ2v) is 10.6. The van der Waals surface area contributed by atoms with Crippen molar-refractivity contribution in [1.29, 1.82) is 0 Å². The minimum Gasteiger partial charge on any atom is -0.364 e. The highest BCUT2D eigenvalue weighted by atomic mass is 16.2. The summed E-state index contributed by atoms with van der Waals surface area (Å²) in [7, 11) is 0. The van der Waals surface area contributed by atoms with Crippen molar-refractivity contribution < 1.29 is 14.4 Å². The summed E-state index contributed by atoms with van der Waals surface area (Å²) in [5.41, 5.74) is 7.58. The summed E-state index contributed by atoms with van der Waals surface area (Å²) in [6.45, 7) is 9.79. The first-order valence-corrected chi connectivity index (χ1v) is 13.4. The van der Waals surface area contributed by atoms with Gasteiger partial charge in [-0.1, -0.05) is 30.3 Å². The number of aromatic nitrogens is 2. The summed E-state index contributed by atoms with van der Waals surface area (Å²) in [6, 6.07) is 10.4. The van der Waals surface area contributed by atoms with Crippen molar-refractivity contribution in [1.82, 2.24) is 24.7 Å². The Bertz CT molecular complexity index is 1180. The van der Waals surface area contributed by atoms with E-state index in [2.05, 4.69) is 45.6 Å². The third kappa shape index (κ3) is 5.50. The molecule has 2 aromatic rings. The molecule has 0 spiro atoms. The van der Waals surface area contributed by atoms with E-state index >= 15 is 0 Å². The van der Waals surface area contributed by atoms with Gasteiger partial charge >= 0.3 is 0 Å². The molecular formula is C28H36N7O3. The van der Waals surface area contributed by atoms with Gasteiger partial charge in [-0.15, -0.1) is 0 Å². The number of benzene rings is 1. The number of carbonyl (C=O) groups is 3. The number of rotatable bonds is 7. The zero-order chi connectivity index (χ0) is 26.8. The average molecular weight is 519 g/mol. The smallest absolute Gasteiger partial charge is 0.268 e. The van der Waals surface area contributed by atoms with Crippen LogP contribution in [0.4, 0.5) is 5.95 Å². The van der Waals surface area contributed by atoms with Crippen molar-refractivity contribution in [3.05, 3.63) is 59.3 Å². The highest BCUT2D eigenvalue weighted by Gasteiger charge is 2.42. The van der Waals surface area contributed by atoms with Crippen LogP contribution in [0, 0.1) is 25.2 Å². The second-order valence-electron chi connectivity index (χ2n) is 10.6. The Kier molecular flexibility index (Phi) is 7.60. The summed E-state index contributed by atoms with van der Waals surface area (Å²) >= 11 is 0. The number of fused-ring (bicyclic) bond motifs is 1. The van der Waals surface area contributed by atoms with Crippen LogP contribution in [0.15, 0.2) is 30.3 Å². The Morgan fingerprint density at radius 1 is 0.947 bits per heavy atom. The molecule has 3 aliphatic rings. The van der Waals surface area contributed by atoms with E-state index in [1.165, 1.54) is 5.56 Å². The molecule has 2 unspecified atom stereocenters. The van der Waals surface area contributed by atoms with Crippen molar-refractivity contribution in [2.24, 2.45) is 17.6 Å². The Labute approximate surface area is 223 Å². The summed E-state index contributed by atoms with van der Waals surface area (Å²) in [5, 5.41) is 0. The highest BCUT2D eigenvalue weighted by molar-refractivity contribution is 6.06. The quantitative estimate of drug-likeness (QED) is 0.586. The Morgan fingerprint density at radius 2 is 1.61 bits per heavy atom. The molecule has 3 saturated heterocycles. The maximum Gasteiger partial charge on any atom is 0.268 e. The predicted octanol–water partition coefficient (Wildman–Crippen LogP) is 1.20. The number of hydrogen-bond donors (Lipinski definition) is 1. The Balaban J connectivity index is 1.21. The molecule has 10 heteroatoms. The number of nitrogens with two attached hydrogens (primary N) is 1. The number of aryl methyl sites for hydroxylation is 1. The molecule has 3 amide bonds. The number of amides is 3. The number of piperazine rings is 1. The topological polar surface area (TPSA) is 116 Å².